The lowest BCUT2D eigenvalue weighted by Crippen LogP contribution is -2.46. The van der Waals surface area contributed by atoms with Crippen LogP contribution in [0, 0.1) is 11.3 Å². The average molecular weight is 309 g/mol. The third-order valence-corrected chi connectivity index (χ3v) is 4.46. The summed E-state index contributed by atoms with van der Waals surface area (Å²) in [5, 5.41) is 9.63. The van der Waals surface area contributed by atoms with Crippen LogP contribution in [0.15, 0.2) is 47.0 Å². The van der Waals surface area contributed by atoms with Gasteiger partial charge >= 0.3 is 0 Å². The fourth-order valence-corrected chi connectivity index (χ4v) is 3.44. The van der Waals surface area contributed by atoms with Crippen LogP contribution >= 0.6 is 0 Å². The molecule has 0 aromatic heterocycles. The first-order valence-electron chi connectivity index (χ1n) is 7.05. The molecule has 23 heavy (non-hydrogen) atoms. The van der Waals surface area contributed by atoms with Gasteiger partial charge in [-0.05, 0) is 19.9 Å². The van der Waals surface area contributed by atoms with E-state index in [2.05, 4.69) is 0 Å². The number of benzene rings is 1. The molecule has 0 bridgehead atoms. The minimum Gasteiger partial charge on any atom is -0.440 e. The molecule has 1 aromatic carbocycles. The molecule has 116 valence electrons. The normalized spacial score (nSPS) is 23.0. The van der Waals surface area contributed by atoms with E-state index in [1.807, 2.05) is 6.07 Å². The number of nitriles is 1. The van der Waals surface area contributed by atoms with Gasteiger partial charge in [0.05, 0.1) is 0 Å². The molecule has 6 heteroatoms. The number of ketones is 1. The maximum atomic E-state index is 13.1. The molecule has 0 saturated heterocycles. The highest BCUT2D eigenvalue weighted by Crippen LogP contribution is 2.53. The van der Waals surface area contributed by atoms with Crippen LogP contribution in [0.4, 0.5) is 0 Å². The lowest BCUT2D eigenvalue weighted by molar-refractivity contribution is -0.130. The number of allylic oxidation sites excluding steroid dienone is 1. The zero-order valence-corrected chi connectivity index (χ0v) is 13.0. The van der Waals surface area contributed by atoms with Gasteiger partial charge in [-0.25, -0.2) is 0 Å². The van der Waals surface area contributed by atoms with E-state index in [0.29, 0.717) is 17.0 Å². The molecule has 0 aliphatic carbocycles. The molecule has 0 fully saturated rings. The average Bonchev–Trinajstić information content (AvgIpc) is 2.70. The van der Waals surface area contributed by atoms with Crippen molar-refractivity contribution in [3.05, 3.63) is 52.6 Å². The van der Waals surface area contributed by atoms with Crippen molar-refractivity contribution in [3.8, 4) is 11.8 Å². The number of para-hydroxylation sites is 1. The molecule has 1 aromatic rings. The Morgan fingerprint density at radius 1 is 1.39 bits per heavy atom. The summed E-state index contributed by atoms with van der Waals surface area (Å²) in [5.41, 5.74) is 5.57. The quantitative estimate of drug-likeness (QED) is 0.844. The zero-order chi connectivity index (χ0) is 16.9. The van der Waals surface area contributed by atoms with Gasteiger partial charge < -0.3 is 15.4 Å². The highest BCUT2D eigenvalue weighted by Gasteiger charge is 2.60. The minimum atomic E-state index is -1.53. The van der Waals surface area contributed by atoms with E-state index in [9.17, 15) is 14.9 Å². The lowest BCUT2D eigenvalue weighted by Gasteiger charge is -2.35. The van der Waals surface area contributed by atoms with Gasteiger partial charge in [0.15, 0.2) is 5.78 Å². The molecule has 6 nitrogen and oxygen atoms in total. The number of fused-ring (bicyclic) bond motifs is 2. The molecule has 2 aliphatic rings. The molecule has 0 radical (unpaired) electrons. The molecule has 2 aliphatic heterocycles. The predicted octanol–water partition coefficient (Wildman–Crippen LogP) is 1.35. The number of ether oxygens (including phenoxy) is 1. The Hall–Kier alpha value is -3.07. The molecule has 1 atom stereocenters. The largest absolute Gasteiger partial charge is 0.440 e. The molecule has 3 rings (SSSR count). The Balaban J connectivity index is 2.51. The fourth-order valence-electron chi connectivity index (χ4n) is 3.44. The van der Waals surface area contributed by atoms with Crippen molar-refractivity contribution in [2.24, 2.45) is 5.73 Å². The molecule has 2 heterocycles. The van der Waals surface area contributed by atoms with Gasteiger partial charge in [-0.1, -0.05) is 18.2 Å². The van der Waals surface area contributed by atoms with E-state index in [1.54, 1.807) is 38.2 Å². The van der Waals surface area contributed by atoms with E-state index in [4.69, 9.17) is 10.5 Å². The van der Waals surface area contributed by atoms with E-state index >= 15 is 0 Å². The molecule has 1 amide bonds. The van der Waals surface area contributed by atoms with Crippen LogP contribution in [-0.4, -0.2) is 23.6 Å². The number of likely N-dealkylation sites (N-methyl/N-ethyl adjacent to an activating group) is 1. The molecule has 2 N–H and O–H groups in total. The SMILES string of the molecule is CC(=O)C1=C(C)N(C)C(=O)[C@]12C(C#N)=C(N)Oc1ccccc12. The number of amides is 1. The molecular weight excluding hydrogens is 294 g/mol. The van der Waals surface area contributed by atoms with E-state index in [-0.39, 0.29) is 28.7 Å². The smallest absolute Gasteiger partial charge is 0.247 e. The summed E-state index contributed by atoms with van der Waals surface area (Å²) in [7, 11) is 1.58. The summed E-state index contributed by atoms with van der Waals surface area (Å²) in [4.78, 5) is 26.9. The lowest BCUT2D eigenvalue weighted by atomic mass is 9.67. The molecule has 1 spiro atoms. The van der Waals surface area contributed by atoms with Crippen molar-refractivity contribution in [3.63, 3.8) is 0 Å². The monoisotopic (exact) mass is 309 g/mol. The van der Waals surface area contributed by atoms with Crippen LogP contribution in [0.1, 0.15) is 19.4 Å². The van der Waals surface area contributed by atoms with Crippen molar-refractivity contribution in [2.45, 2.75) is 19.3 Å². The molecular formula is C17H15N3O3. The Morgan fingerprint density at radius 2 is 2.04 bits per heavy atom. The van der Waals surface area contributed by atoms with Gasteiger partial charge in [0.2, 0.25) is 11.8 Å². The Kier molecular flexibility index (Phi) is 3.04. The first-order chi connectivity index (χ1) is 10.9. The highest BCUT2D eigenvalue weighted by molar-refractivity contribution is 6.13. The van der Waals surface area contributed by atoms with Crippen molar-refractivity contribution in [1.82, 2.24) is 4.90 Å². The first kappa shape index (κ1) is 14.9. The Labute approximate surface area is 133 Å². The third-order valence-electron chi connectivity index (χ3n) is 4.46. The number of carbonyl (C=O) groups is 2. The topological polar surface area (TPSA) is 96.4 Å². The Morgan fingerprint density at radius 3 is 2.65 bits per heavy atom. The number of carbonyl (C=O) groups excluding carboxylic acids is 2. The summed E-state index contributed by atoms with van der Waals surface area (Å²) >= 11 is 0. The summed E-state index contributed by atoms with van der Waals surface area (Å²) in [6.45, 7) is 3.07. The maximum absolute atomic E-state index is 13.1. The van der Waals surface area contributed by atoms with Gasteiger partial charge in [0.1, 0.15) is 22.8 Å². The number of Topliss-reactive ketones (excluding diaryl/α,β-unsaturated/α-hetero) is 1. The van der Waals surface area contributed by atoms with Crippen molar-refractivity contribution >= 4 is 11.7 Å². The van der Waals surface area contributed by atoms with Crippen LogP contribution < -0.4 is 10.5 Å². The first-order valence-corrected chi connectivity index (χ1v) is 7.05. The second kappa shape index (κ2) is 4.71. The third kappa shape index (κ3) is 1.62. The number of hydrogen-bond donors (Lipinski definition) is 1. The van der Waals surface area contributed by atoms with Crippen LogP contribution in [0.5, 0.6) is 5.75 Å². The zero-order valence-electron chi connectivity index (χ0n) is 13.0. The van der Waals surface area contributed by atoms with Crippen LogP contribution in [0.25, 0.3) is 0 Å². The van der Waals surface area contributed by atoms with Crippen molar-refractivity contribution in [2.75, 3.05) is 7.05 Å². The second-order valence-corrected chi connectivity index (χ2v) is 5.58. The second-order valence-electron chi connectivity index (χ2n) is 5.58. The van der Waals surface area contributed by atoms with E-state index in [0.717, 1.165) is 0 Å². The Bertz CT molecular complexity index is 860. The van der Waals surface area contributed by atoms with Gasteiger partial charge in [-0.15, -0.1) is 0 Å². The molecule has 0 unspecified atom stereocenters. The maximum Gasteiger partial charge on any atom is 0.247 e. The highest BCUT2D eigenvalue weighted by atomic mass is 16.5. The minimum absolute atomic E-state index is 0.0462. The number of rotatable bonds is 1. The summed E-state index contributed by atoms with van der Waals surface area (Å²) < 4.78 is 5.50. The predicted molar refractivity (Wildman–Crippen MR) is 81.7 cm³/mol. The standard InChI is InChI=1S/C17H15N3O3/c1-9-14(10(2)21)17(16(22)20(9)3)11-6-4-5-7-13(11)23-15(19)12(17)8-18/h4-7H,19H2,1-3H3/t17-/m1/s1. The van der Waals surface area contributed by atoms with Gasteiger partial charge in [0.25, 0.3) is 0 Å². The number of hydrogen-bond acceptors (Lipinski definition) is 5. The van der Waals surface area contributed by atoms with Crippen molar-refractivity contribution < 1.29 is 14.3 Å². The van der Waals surface area contributed by atoms with Gasteiger partial charge in [0, 0.05) is 23.9 Å². The van der Waals surface area contributed by atoms with Crippen LogP contribution in [0.2, 0.25) is 0 Å². The van der Waals surface area contributed by atoms with Crippen molar-refractivity contribution in [1.29, 1.82) is 5.26 Å². The van der Waals surface area contributed by atoms with E-state index < -0.39 is 5.41 Å². The van der Waals surface area contributed by atoms with E-state index in [1.165, 1.54) is 11.8 Å². The van der Waals surface area contributed by atoms with Gasteiger partial charge in [-0.3, -0.25) is 9.59 Å². The number of nitrogens with zero attached hydrogens (tertiary/aromatic N) is 2. The summed E-state index contributed by atoms with van der Waals surface area (Å²) in [6, 6.07) is 8.81. The number of nitrogens with two attached hydrogens (primary N) is 1. The summed E-state index contributed by atoms with van der Waals surface area (Å²) in [5.74, 6) is -0.437. The molecule has 0 saturated carbocycles. The summed E-state index contributed by atoms with van der Waals surface area (Å²) in [6.07, 6.45) is 0. The van der Waals surface area contributed by atoms with Crippen LogP contribution in [0.3, 0.4) is 0 Å². The fraction of sp³-hybridized carbons (Fsp3) is 0.235. The van der Waals surface area contributed by atoms with Gasteiger partial charge in [-0.2, -0.15) is 5.26 Å². The van der Waals surface area contributed by atoms with Crippen LogP contribution in [-0.2, 0) is 15.0 Å².